The zero-order valence-corrected chi connectivity index (χ0v) is 9.32. The molecule has 0 heterocycles. The lowest BCUT2D eigenvalue weighted by Crippen LogP contribution is -1.98. The van der Waals surface area contributed by atoms with Gasteiger partial charge in [0.25, 0.3) is 0 Å². The summed E-state index contributed by atoms with van der Waals surface area (Å²) in [4.78, 5) is 1.14. The third-order valence-electron chi connectivity index (χ3n) is 1.97. The maximum absolute atomic E-state index is 8.99. The molecule has 3 heteroatoms. The number of rotatable bonds is 3. The van der Waals surface area contributed by atoms with Gasteiger partial charge in [-0.15, -0.1) is 11.8 Å². The molecule has 1 N–H and O–H groups in total. The van der Waals surface area contributed by atoms with Gasteiger partial charge in [-0.05, 0) is 30.0 Å². The predicted octanol–water partition coefficient (Wildman–Crippen LogP) is 3.16. The van der Waals surface area contributed by atoms with Crippen molar-refractivity contribution in [2.75, 3.05) is 12.9 Å². The minimum Gasteiger partial charge on any atom is -0.396 e. The first-order valence-electron chi connectivity index (χ1n) is 4.12. The summed E-state index contributed by atoms with van der Waals surface area (Å²) in [6.45, 7) is 2.14. The van der Waals surface area contributed by atoms with Gasteiger partial charge in [-0.25, -0.2) is 0 Å². The fourth-order valence-corrected chi connectivity index (χ4v) is 1.90. The van der Waals surface area contributed by atoms with Gasteiger partial charge in [-0.1, -0.05) is 18.5 Å². The van der Waals surface area contributed by atoms with Crippen LogP contribution < -0.4 is 0 Å². The highest BCUT2D eigenvalue weighted by Gasteiger charge is 2.06. The van der Waals surface area contributed by atoms with Crippen molar-refractivity contribution in [2.45, 2.75) is 17.7 Å². The van der Waals surface area contributed by atoms with Crippen LogP contribution in [0.3, 0.4) is 0 Å². The molecule has 0 amide bonds. The van der Waals surface area contributed by atoms with Gasteiger partial charge in [-0.2, -0.15) is 0 Å². The monoisotopic (exact) mass is 216 g/mol. The Bertz CT molecular complexity index is 288. The molecule has 0 saturated heterocycles. The summed E-state index contributed by atoms with van der Waals surface area (Å²) in [5.74, 6) is 0.157. The van der Waals surface area contributed by atoms with Gasteiger partial charge in [0.1, 0.15) is 0 Å². The Labute approximate surface area is 88.1 Å². The van der Waals surface area contributed by atoms with E-state index in [0.29, 0.717) is 0 Å². The van der Waals surface area contributed by atoms with E-state index in [2.05, 4.69) is 6.07 Å². The van der Waals surface area contributed by atoms with Crippen molar-refractivity contribution < 1.29 is 5.11 Å². The van der Waals surface area contributed by atoms with Gasteiger partial charge in [0.05, 0.1) is 0 Å². The predicted molar refractivity (Wildman–Crippen MR) is 58.7 cm³/mol. The first kappa shape index (κ1) is 10.9. The Balaban J connectivity index is 3.01. The third-order valence-corrected chi connectivity index (χ3v) is 2.90. The van der Waals surface area contributed by atoms with E-state index in [-0.39, 0.29) is 12.5 Å². The highest BCUT2D eigenvalue weighted by Crippen LogP contribution is 2.26. The topological polar surface area (TPSA) is 20.2 Å². The SMILES string of the molecule is CSc1cc(Cl)cc(C(C)CO)c1. The molecule has 13 heavy (non-hydrogen) atoms. The van der Waals surface area contributed by atoms with E-state index in [1.54, 1.807) is 11.8 Å². The lowest BCUT2D eigenvalue weighted by atomic mass is 10.0. The average Bonchev–Trinajstić information content (AvgIpc) is 2.15. The highest BCUT2D eigenvalue weighted by molar-refractivity contribution is 7.98. The molecule has 0 saturated carbocycles. The van der Waals surface area contributed by atoms with Gasteiger partial charge in [-0.3, -0.25) is 0 Å². The largest absolute Gasteiger partial charge is 0.396 e. The summed E-state index contributed by atoms with van der Waals surface area (Å²) in [6.07, 6.45) is 2.01. The smallest absolute Gasteiger partial charge is 0.0497 e. The van der Waals surface area contributed by atoms with Crippen LogP contribution in [0.1, 0.15) is 18.4 Å². The van der Waals surface area contributed by atoms with Gasteiger partial charge in [0, 0.05) is 22.4 Å². The molecule has 0 spiro atoms. The van der Waals surface area contributed by atoms with Gasteiger partial charge in [0.2, 0.25) is 0 Å². The summed E-state index contributed by atoms with van der Waals surface area (Å²) >= 11 is 7.59. The maximum Gasteiger partial charge on any atom is 0.0497 e. The van der Waals surface area contributed by atoms with Crippen molar-refractivity contribution in [2.24, 2.45) is 0 Å². The number of thioether (sulfide) groups is 1. The van der Waals surface area contributed by atoms with Crippen LogP contribution in [0, 0.1) is 0 Å². The first-order chi connectivity index (χ1) is 6.17. The van der Waals surface area contributed by atoms with Crippen molar-refractivity contribution in [3.05, 3.63) is 28.8 Å². The van der Waals surface area contributed by atoms with E-state index in [9.17, 15) is 0 Å². The van der Waals surface area contributed by atoms with Crippen LogP contribution in [-0.4, -0.2) is 18.0 Å². The zero-order valence-electron chi connectivity index (χ0n) is 7.75. The molecule has 0 fully saturated rings. The molecule has 1 aromatic carbocycles. The Morgan fingerprint density at radius 2 is 2.15 bits per heavy atom. The van der Waals surface area contributed by atoms with Crippen LogP contribution in [0.5, 0.6) is 0 Å². The molecule has 1 atom stereocenters. The maximum atomic E-state index is 8.99. The molecule has 72 valence electrons. The zero-order chi connectivity index (χ0) is 9.84. The number of hydrogen-bond acceptors (Lipinski definition) is 2. The van der Waals surface area contributed by atoms with Crippen LogP contribution in [0.4, 0.5) is 0 Å². The fourth-order valence-electron chi connectivity index (χ4n) is 1.09. The van der Waals surface area contributed by atoms with Crippen molar-refractivity contribution in [3.63, 3.8) is 0 Å². The minimum absolute atomic E-state index is 0.157. The van der Waals surface area contributed by atoms with Gasteiger partial charge >= 0.3 is 0 Å². The van der Waals surface area contributed by atoms with Crippen LogP contribution in [0.15, 0.2) is 23.1 Å². The molecular formula is C10H13ClOS. The van der Waals surface area contributed by atoms with Crippen LogP contribution in [0.25, 0.3) is 0 Å². The summed E-state index contributed by atoms with van der Waals surface area (Å²) in [6, 6.07) is 5.90. The molecule has 0 radical (unpaired) electrons. The number of halogens is 1. The van der Waals surface area contributed by atoms with E-state index >= 15 is 0 Å². The van der Waals surface area contributed by atoms with Crippen molar-refractivity contribution in [1.29, 1.82) is 0 Å². The number of benzene rings is 1. The van der Waals surface area contributed by atoms with E-state index in [1.807, 2.05) is 25.3 Å². The Morgan fingerprint density at radius 3 is 2.69 bits per heavy atom. The molecular weight excluding hydrogens is 204 g/mol. The molecule has 0 aliphatic rings. The fraction of sp³-hybridized carbons (Fsp3) is 0.400. The minimum atomic E-state index is 0.157. The van der Waals surface area contributed by atoms with Gasteiger partial charge in [0.15, 0.2) is 0 Å². The second kappa shape index (κ2) is 4.89. The number of aliphatic hydroxyl groups is 1. The Kier molecular flexibility index (Phi) is 4.10. The molecule has 0 aromatic heterocycles. The summed E-state index contributed by atoms with van der Waals surface area (Å²) < 4.78 is 0. The van der Waals surface area contributed by atoms with Crippen LogP contribution >= 0.6 is 23.4 Å². The van der Waals surface area contributed by atoms with Crippen LogP contribution in [-0.2, 0) is 0 Å². The molecule has 0 aliphatic carbocycles. The quantitative estimate of drug-likeness (QED) is 0.784. The van der Waals surface area contributed by atoms with E-state index in [1.165, 1.54) is 0 Å². The first-order valence-corrected chi connectivity index (χ1v) is 5.73. The average molecular weight is 217 g/mol. The highest BCUT2D eigenvalue weighted by atomic mass is 35.5. The Hall–Kier alpha value is -0.180. The lowest BCUT2D eigenvalue weighted by molar-refractivity contribution is 0.273. The second-order valence-electron chi connectivity index (χ2n) is 3.01. The molecule has 0 bridgehead atoms. The summed E-state index contributed by atoms with van der Waals surface area (Å²) in [5.41, 5.74) is 1.10. The lowest BCUT2D eigenvalue weighted by Gasteiger charge is -2.10. The Morgan fingerprint density at radius 1 is 1.46 bits per heavy atom. The van der Waals surface area contributed by atoms with E-state index < -0.39 is 0 Å². The number of aliphatic hydroxyl groups excluding tert-OH is 1. The van der Waals surface area contributed by atoms with Crippen molar-refractivity contribution in [3.8, 4) is 0 Å². The second-order valence-corrected chi connectivity index (χ2v) is 4.32. The molecule has 1 unspecified atom stereocenters. The van der Waals surface area contributed by atoms with E-state index in [4.69, 9.17) is 16.7 Å². The standard InChI is InChI=1S/C10H13ClOS/c1-7(6-12)8-3-9(11)5-10(4-8)13-2/h3-5,7,12H,6H2,1-2H3. The van der Waals surface area contributed by atoms with Crippen LogP contribution in [0.2, 0.25) is 5.02 Å². The molecule has 1 aromatic rings. The van der Waals surface area contributed by atoms with E-state index in [0.717, 1.165) is 15.5 Å². The van der Waals surface area contributed by atoms with Crippen molar-refractivity contribution in [1.82, 2.24) is 0 Å². The normalized spacial score (nSPS) is 12.9. The van der Waals surface area contributed by atoms with Crippen molar-refractivity contribution >= 4 is 23.4 Å². The summed E-state index contributed by atoms with van der Waals surface area (Å²) in [7, 11) is 0. The summed E-state index contributed by atoms with van der Waals surface area (Å²) in [5, 5.41) is 9.73. The molecule has 0 aliphatic heterocycles. The molecule has 1 rings (SSSR count). The van der Waals surface area contributed by atoms with Gasteiger partial charge < -0.3 is 5.11 Å². The number of hydrogen-bond donors (Lipinski definition) is 1. The molecule has 1 nitrogen and oxygen atoms in total. The third kappa shape index (κ3) is 2.90.